The van der Waals surface area contributed by atoms with E-state index < -0.39 is 12.0 Å². The first-order valence-corrected chi connectivity index (χ1v) is 12.8. The van der Waals surface area contributed by atoms with Crippen molar-refractivity contribution in [3.8, 4) is 5.75 Å². The first-order chi connectivity index (χ1) is 18.1. The maximum atomic E-state index is 13.8. The third kappa shape index (κ3) is 4.88. The van der Waals surface area contributed by atoms with E-state index in [1.807, 2.05) is 73.7 Å². The Hall–Kier alpha value is -4.30. The zero-order valence-corrected chi connectivity index (χ0v) is 21.3. The number of thiazole rings is 1. The van der Waals surface area contributed by atoms with E-state index in [0.29, 0.717) is 33.0 Å². The lowest BCUT2D eigenvalue weighted by atomic mass is 9.93. The second-order valence-corrected chi connectivity index (χ2v) is 9.23. The van der Waals surface area contributed by atoms with Crippen LogP contribution in [-0.4, -0.2) is 28.7 Å². The van der Waals surface area contributed by atoms with Gasteiger partial charge >= 0.3 is 5.97 Å². The van der Waals surface area contributed by atoms with Gasteiger partial charge in [-0.25, -0.2) is 9.79 Å². The molecule has 1 aliphatic heterocycles. The molecule has 3 heterocycles. The number of hydrogen-bond acceptors (Lipinski definition) is 7. The van der Waals surface area contributed by atoms with E-state index >= 15 is 0 Å². The van der Waals surface area contributed by atoms with Gasteiger partial charge in [-0.05, 0) is 49.2 Å². The fraction of sp³-hybridized carbons (Fsp3) is 0.172. The molecule has 5 rings (SSSR count). The minimum atomic E-state index is -0.725. The van der Waals surface area contributed by atoms with Gasteiger partial charge in [0.25, 0.3) is 5.56 Å². The second-order valence-electron chi connectivity index (χ2n) is 8.22. The maximum Gasteiger partial charge on any atom is 0.338 e. The standard InChI is InChI=1S/C29H25N3O4S/c1-3-35-22-14-12-21(13-15-22)26-24(28(34)36-4-2)25(20-10-6-5-7-11-20)31-29-32(26)27(33)23(37-29)17-19-9-8-16-30-18-19/h5-18,26H,3-4H2,1-2H3/b23-17-/t26-/m0/s1. The number of pyridine rings is 1. The van der Waals surface area contributed by atoms with Crippen LogP contribution in [0.25, 0.3) is 11.8 Å². The molecule has 4 aromatic rings. The fourth-order valence-corrected chi connectivity index (χ4v) is 5.28. The molecule has 1 aliphatic rings. The van der Waals surface area contributed by atoms with Crippen molar-refractivity contribution in [3.63, 3.8) is 0 Å². The maximum absolute atomic E-state index is 13.8. The predicted octanol–water partition coefficient (Wildman–Crippen LogP) is 3.73. The Morgan fingerprint density at radius 1 is 1.03 bits per heavy atom. The van der Waals surface area contributed by atoms with Gasteiger partial charge in [-0.2, -0.15) is 0 Å². The van der Waals surface area contributed by atoms with E-state index in [4.69, 9.17) is 14.5 Å². The van der Waals surface area contributed by atoms with Crippen molar-refractivity contribution in [3.05, 3.63) is 121 Å². The quantitative estimate of drug-likeness (QED) is 0.353. The van der Waals surface area contributed by atoms with E-state index in [9.17, 15) is 9.59 Å². The number of nitrogens with zero attached hydrogens (tertiary/aromatic N) is 3. The average Bonchev–Trinajstić information content (AvgIpc) is 3.24. The van der Waals surface area contributed by atoms with Crippen molar-refractivity contribution in [1.29, 1.82) is 0 Å². The smallest absolute Gasteiger partial charge is 0.338 e. The summed E-state index contributed by atoms with van der Waals surface area (Å²) >= 11 is 1.28. The third-order valence-corrected chi connectivity index (χ3v) is 6.85. The van der Waals surface area contributed by atoms with Gasteiger partial charge in [-0.15, -0.1) is 0 Å². The van der Waals surface area contributed by atoms with Gasteiger partial charge in [-0.3, -0.25) is 14.3 Å². The van der Waals surface area contributed by atoms with Crippen LogP contribution in [-0.2, 0) is 9.53 Å². The number of benzene rings is 2. The van der Waals surface area contributed by atoms with Gasteiger partial charge in [0.2, 0.25) is 0 Å². The second kappa shape index (κ2) is 10.8. The van der Waals surface area contributed by atoms with Crippen LogP contribution in [0.1, 0.15) is 36.6 Å². The minimum Gasteiger partial charge on any atom is -0.494 e. The summed E-state index contributed by atoms with van der Waals surface area (Å²) in [4.78, 5) is 36.8. The number of carbonyl (C=O) groups excluding carboxylic acids is 1. The highest BCUT2D eigenvalue weighted by Crippen LogP contribution is 2.35. The lowest BCUT2D eigenvalue weighted by molar-refractivity contribution is -0.138. The summed E-state index contributed by atoms with van der Waals surface area (Å²) in [6.07, 6.45) is 5.17. The SMILES string of the molecule is CCOC(=O)C1=C(c2ccccc2)N=c2s/c(=C\c3cccnc3)c(=O)n2[C@H]1c1ccc(OCC)cc1. The number of aromatic nitrogens is 2. The lowest BCUT2D eigenvalue weighted by Gasteiger charge is -2.26. The van der Waals surface area contributed by atoms with Crippen molar-refractivity contribution in [2.75, 3.05) is 13.2 Å². The zero-order valence-electron chi connectivity index (χ0n) is 20.5. The van der Waals surface area contributed by atoms with Crippen LogP contribution < -0.4 is 19.6 Å². The molecule has 37 heavy (non-hydrogen) atoms. The summed E-state index contributed by atoms with van der Waals surface area (Å²) in [6.45, 7) is 4.42. The first-order valence-electron chi connectivity index (χ1n) is 12.0. The summed E-state index contributed by atoms with van der Waals surface area (Å²) in [6, 6.07) is 19.9. The zero-order chi connectivity index (χ0) is 25.8. The number of ether oxygens (including phenoxy) is 2. The minimum absolute atomic E-state index is 0.200. The Kier molecular flexibility index (Phi) is 7.09. The van der Waals surface area contributed by atoms with Crippen molar-refractivity contribution in [2.24, 2.45) is 4.99 Å². The Morgan fingerprint density at radius 3 is 2.49 bits per heavy atom. The molecule has 1 atom stereocenters. The number of fused-ring (bicyclic) bond motifs is 1. The van der Waals surface area contributed by atoms with E-state index in [-0.39, 0.29) is 12.2 Å². The molecule has 0 unspecified atom stereocenters. The Labute approximate surface area is 217 Å². The number of hydrogen-bond donors (Lipinski definition) is 0. The largest absolute Gasteiger partial charge is 0.494 e. The van der Waals surface area contributed by atoms with Crippen LogP contribution in [0.15, 0.2) is 94.5 Å². The number of esters is 1. The van der Waals surface area contributed by atoms with Crippen LogP contribution in [0.5, 0.6) is 5.75 Å². The monoisotopic (exact) mass is 511 g/mol. The van der Waals surface area contributed by atoms with Crippen LogP contribution in [0.4, 0.5) is 0 Å². The molecule has 0 N–H and O–H groups in total. The average molecular weight is 512 g/mol. The van der Waals surface area contributed by atoms with Crippen LogP contribution in [0.2, 0.25) is 0 Å². The van der Waals surface area contributed by atoms with Gasteiger partial charge in [0.15, 0.2) is 4.80 Å². The Morgan fingerprint density at radius 2 is 1.81 bits per heavy atom. The molecule has 0 saturated heterocycles. The van der Waals surface area contributed by atoms with Crippen molar-refractivity contribution < 1.29 is 14.3 Å². The molecule has 186 valence electrons. The topological polar surface area (TPSA) is 82.8 Å². The van der Waals surface area contributed by atoms with Gasteiger partial charge < -0.3 is 9.47 Å². The lowest BCUT2D eigenvalue weighted by Crippen LogP contribution is -2.40. The number of rotatable bonds is 7. The molecule has 0 fully saturated rings. The predicted molar refractivity (Wildman–Crippen MR) is 143 cm³/mol. The summed E-state index contributed by atoms with van der Waals surface area (Å²) in [5.41, 5.74) is 2.90. The van der Waals surface area contributed by atoms with Gasteiger partial charge in [0.1, 0.15) is 5.75 Å². The number of carbonyl (C=O) groups is 1. The van der Waals surface area contributed by atoms with Crippen molar-refractivity contribution in [1.82, 2.24) is 9.55 Å². The Bertz CT molecular complexity index is 1620. The van der Waals surface area contributed by atoms with Crippen molar-refractivity contribution in [2.45, 2.75) is 19.9 Å². The molecular weight excluding hydrogens is 486 g/mol. The molecule has 7 nitrogen and oxygen atoms in total. The Balaban J connectivity index is 1.80. The highest BCUT2D eigenvalue weighted by atomic mass is 32.1. The third-order valence-electron chi connectivity index (χ3n) is 5.86. The molecule has 0 amide bonds. The van der Waals surface area contributed by atoms with Crippen LogP contribution in [0.3, 0.4) is 0 Å². The van der Waals surface area contributed by atoms with E-state index in [1.54, 1.807) is 30.0 Å². The summed E-state index contributed by atoms with van der Waals surface area (Å²) in [5, 5.41) is 0. The van der Waals surface area contributed by atoms with E-state index in [0.717, 1.165) is 16.7 Å². The molecule has 0 bridgehead atoms. The summed E-state index contributed by atoms with van der Waals surface area (Å²) < 4.78 is 13.2. The molecule has 2 aromatic heterocycles. The fourth-order valence-electron chi connectivity index (χ4n) is 4.28. The molecule has 0 spiro atoms. The van der Waals surface area contributed by atoms with Gasteiger partial charge in [-0.1, -0.05) is 59.9 Å². The molecule has 8 heteroatoms. The van der Waals surface area contributed by atoms with Crippen LogP contribution >= 0.6 is 11.3 Å². The molecule has 0 saturated carbocycles. The molecule has 2 aromatic carbocycles. The molecule has 0 radical (unpaired) electrons. The highest BCUT2D eigenvalue weighted by Gasteiger charge is 2.35. The van der Waals surface area contributed by atoms with Gasteiger partial charge in [0, 0.05) is 18.0 Å². The summed E-state index contributed by atoms with van der Waals surface area (Å²) in [7, 11) is 0. The van der Waals surface area contributed by atoms with Crippen LogP contribution in [0, 0.1) is 0 Å². The van der Waals surface area contributed by atoms with Gasteiger partial charge in [0.05, 0.1) is 35.1 Å². The van der Waals surface area contributed by atoms with E-state index in [2.05, 4.69) is 4.98 Å². The van der Waals surface area contributed by atoms with E-state index in [1.165, 1.54) is 11.3 Å². The molecular formula is C29H25N3O4S. The highest BCUT2D eigenvalue weighted by molar-refractivity contribution is 7.07. The van der Waals surface area contributed by atoms with Crippen molar-refractivity contribution >= 4 is 29.1 Å². The normalized spacial score (nSPS) is 15.2. The first kappa shape index (κ1) is 24.4. The molecule has 0 aliphatic carbocycles. The summed E-state index contributed by atoms with van der Waals surface area (Å²) in [5.74, 6) is 0.200.